The monoisotopic (exact) mass is 367 g/mol. The maximum Gasteiger partial charge on any atom is 0.260 e. The molecule has 0 saturated carbocycles. The van der Waals surface area contributed by atoms with E-state index < -0.39 is 5.82 Å². The average molecular weight is 369 g/mol. The van der Waals surface area contributed by atoms with Crippen LogP contribution in [0.5, 0.6) is 0 Å². The molecule has 0 bridgehead atoms. The highest BCUT2D eigenvalue weighted by molar-refractivity contribution is 9.10. The van der Waals surface area contributed by atoms with Crippen LogP contribution in [0.25, 0.3) is 22.8 Å². The Morgan fingerprint density at radius 1 is 1.19 bits per heavy atom. The lowest BCUT2D eigenvalue weighted by Gasteiger charge is -1.99. The van der Waals surface area contributed by atoms with Crippen molar-refractivity contribution in [3.05, 3.63) is 51.7 Å². The third kappa shape index (κ3) is 2.77. The van der Waals surface area contributed by atoms with Gasteiger partial charge in [0.25, 0.3) is 5.89 Å². The molecule has 0 radical (unpaired) electrons. The predicted octanol–water partition coefficient (Wildman–Crippen LogP) is 4.54. The molecule has 0 fully saturated rings. The second kappa shape index (κ2) is 5.46. The molecule has 1 aromatic heterocycles. The molecular weight excluding hydrogens is 361 g/mol. The molecule has 0 saturated heterocycles. The smallest absolute Gasteiger partial charge is 0.260 e. The summed E-state index contributed by atoms with van der Waals surface area (Å²) in [4.78, 5) is 4.27. The number of benzene rings is 2. The molecule has 0 aliphatic rings. The van der Waals surface area contributed by atoms with Crippen molar-refractivity contribution in [3.8, 4) is 22.8 Å². The first-order valence-electron chi connectivity index (χ1n) is 5.89. The van der Waals surface area contributed by atoms with Crippen molar-refractivity contribution in [1.82, 2.24) is 10.1 Å². The summed E-state index contributed by atoms with van der Waals surface area (Å²) in [6.07, 6.45) is 0. The molecule has 0 spiro atoms. The van der Waals surface area contributed by atoms with Crippen molar-refractivity contribution in [3.63, 3.8) is 0 Å². The molecule has 0 aliphatic heterocycles. The second-order valence-corrected chi connectivity index (χ2v) is 5.55. The second-order valence-electron chi connectivity index (χ2n) is 4.28. The van der Waals surface area contributed by atoms with E-state index in [1.807, 2.05) is 0 Å². The van der Waals surface area contributed by atoms with Crippen molar-refractivity contribution in [2.24, 2.45) is 0 Å². The molecule has 0 atom stereocenters. The summed E-state index contributed by atoms with van der Waals surface area (Å²) in [7, 11) is 0. The molecule has 7 heteroatoms. The Labute approximate surface area is 132 Å². The van der Waals surface area contributed by atoms with Gasteiger partial charge in [0.05, 0.1) is 10.6 Å². The van der Waals surface area contributed by atoms with Crippen molar-refractivity contribution in [1.29, 1.82) is 0 Å². The number of nitrogen functional groups attached to an aromatic ring is 1. The zero-order valence-corrected chi connectivity index (χ0v) is 12.8. The van der Waals surface area contributed by atoms with Crippen LogP contribution in [0.3, 0.4) is 0 Å². The van der Waals surface area contributed by atoms with Crippen LogP contribution in [-0.4, -0.2) is 10.1 Å². The number of halogens is 3. The lowest BCUT2D eigenvalue weighted by molar-refractivity contribution is 0.432. The molecule has 106 valence electrons. The van der Waals surface area contributed by atoms with E-state index in [2.05, 4.69) is 26.1 Å². The Hall–Kier alpha value is -1.92. The van der Waals surface area contributed by atoms with Crippen LogP contribution in [-0.2, 0) is 0 Å². The van der Waals surface area contributed by atoms with Crippen LogP contribution in [0.1, 0.15) is 0 Å². The molecule has 0 unspecified atom stereocenters. The topological polar surface area (TPSA) is 64.9 Å². The highest BCUT2D eigenvalue weighted by Gasteiger charge is 2.14. The first-order valence-corrected chi connectivity index (χ1v) is 7.06. The minimum absolute atomic E-state index is 0.230. The molecular formula is C14H8BrClFN3O. The van der Waals surface area contributed by atoms with Gasteiger partial charge in [0.2, 0.25) is 5.82 Å². The maximum atomic E-state index is 13.1. The first kappa shape index (κ1) is 14.0. The van der Waals surface area contributed by atoms with Gasteiger partial charge < -0.3 is 10.3 Å². The Balaban J connectivity index is 2.01. The van der Waals surface area contributed by atoms with E-state index in [0.29, 0.717) is 16.4 Å². The van der Waals surface area contributed by atoms with Crippen molar-refractivity contribution >= 4 is 33.2 Å². The zero-order chi connectivity index (χ0) is 15.0. The summed E-state index contributed by atoms with van der Waals surface area (Å²) in [5.74, 6) is 0.206. The zero-order valence-electron chi connectivity index (χ0n) is 10.5. The fourth-order valence-electron chi connectivity index (χ4n) is 1.81. The summed E-state index contributed by atoms with van der Waals surface area (Å²) < 4.78 is 19.0. The average Bonchev–Trinajstić information content (AvgIpc) is 2.91. The lowest BCUT2D eigenvalue weighted by Crippen LogP contribution is -1.91. The molecule has 3 rings (SSSR count). The fraction of sp³-hybridized carbons (Fsp3) is 0. The van der Waals surface area contributed by atoms with Gasteiger partial charge in [-0.05, 0) is 52.3 Å². The van der Waals surface area contributed by atoms with Gasteiger partial charge >= 0.3 is 0 Å². The van der Waals surface area contributed by atoms with Gasteiger partial charge in [0.1, 0.15) is 5.82 Å². The molecule has 0 aliphatic carbocycles. The summed E-state index contributed by atoms with van der Waals surface area (Å²) in [6, 6.07) is 9.27. The largest absolute Gasteiger partial charge is 0.398 e. The van der Waals surface area contributed by atoms with Crippen molar-refractivity contribution in [2.45, 2.75) is 0 Å². The molecule has 1 heterocycles. The quantitative estimate of drug-likeness (QED) is 0.674. The summed E-state index contributed by atoms with van der Waals surface area (Å²) in [6.45, 7) is 0. The molecule has 4 nitrogen and oxygen atoms in total. The molecule has 3 aromatic rings. The standard InChI is InChI=1S/C14H8BrClFN3O/c15-10-5-7(1-4-11(10)16)13-19-14(21-20-13)9-3-2-8(17)6-12(9)18/h1-6H,18H2. The van der Waals surface area contributed by atoms with Crippen LogP contribution < -0.4 is 5.73 Å². The fourth-order valence-corrected chi connectivity index (χ4v) is 2.31. The Kier molecular flexibility index (Phi) is 3.65. The Morgan fingerprint density at radius 3 is 2.71 bits per heavy atom. The number of hydrogen-bond donors (Lipinski definition) is 1. The summed E-state index contributed by atoms with van der Waals surface area (Å²) >= 11 is 9.28. The van der Waals surface area contributed by atoms with Gasteiger partial charge in [-0.15, -0.1) is 0 Å². The van der Waals surface area contributed by atoms with Gasteiger partial charge in [0, 0.05) is 15.7 Å². The molecule has 2 aromatic carbocycles. The number of aromatic nitrogens is 2. The highest BCUT2D eigenvalue weighted by Crippen LogP contribution is 2.30. The minimum Gasteiger partial charge on any atom is -0.398 e. The summed E-state index contributed by atoms with van der Waals surface area (Å²) in [5, 5.41) is 4.49. The van der Waals surface area contributed by atoms with Crippen molar-refractivity contribution in [2.75, 3.05) is 5.73 Å². The van der Waals surface area contributed by atoms with Gasteiger partial charge in [0.15, 0.2) is 0 Å². The van der Waals surface area contributed by atoms with E-state index >= 15 is 0 Å². The number of nitrogens with two attached hydrogens (primary N) is 1. The van der Waals surface area contributed by atoms with Gasteiger partial charge in [-0.2, -0.15) is 4.98 Å². The molecule has 2 N–H and O–H groups in total. The predicted molar refractivity (Wildman–Crippen MR) is 82.3 cm³/mol. The van der Waals surface area contributed by atoms with Gasteiger partial charge in [-0.25, -0.2) is 4.39 Å². The SMILES string of the molecule is Nc1cc(F)ccc1-c1nc(-c2ccc(Cl)c(Br)c2)no1. The first-order chi connectivity index (χ1) is 10.0. The third-order valence-corrected chi connectivity index (χ3v) is 4.06. The Morgan fingerprint density at radius 2 is 2.00 bits per heavy atom. The van der Waals surface area contributed by atoms with E-state index in [9.17, 15) is 4.39 Å². The van der Waals surface area contributed by atoms with Crippen molar-refractivity contribution < 1.29 is 8.91 Å². The van der Waals surface area contributed by atoms with Crippen LogP contribution in [0.4, 0.5) is 10.1 Å². The Bertz CT molecular complexity index is 822. The molecule has 0 amide bonds. The van der Waals surface area contributed by atoms with E-state index in [0.717, 1.165) is 10.0 Å². The van der Waals surface area contributed by atoms with Crippen LogP contribution in [0, 0.1) is 5.82 Å². The molecule has 21 heavy (non-hydrogen) atoms. The van der Waals surface area contributed by atoms with Crippen LogP contribution in [0.2, 0.25) is 5.02 Å². The third-order valence-electron chi connectivity index (χ3n) is 2.85. The lowest BCUT2D eigenvalue weighted by atomic mass is 10.1. The van der Waals surface area contributed by atoms with Gasteiger partial charge in [-0.3, -0.25) is 0 Å². The number of nitrogens with zero attached hydrogens (tertiary/aromatic N) is 2. The maximum absolute atomic E-state index is 13.1. The van der Waals surface area contributed by atoms with Crippen LogP contribution in [0.15, 0.2) is 45.4 Å². The summed E-state index contributed by atoms with van der Waals surface area (Å²) in [5.41, 5.74) is 7.22. The highest BCUT2D eigenvalue weighted by atomic mass is 79.9. The number of rotatable bonds is 2. The van der Waals surface area contributed by atoms with Gasteiger partial charge in [-0.1, -0.05) is 16.8 Å². The van der Waals surface area contributed by atoms with E-state index in [-0.39, 0.29) is 11.6 Å². The van der Waals surface area contributed by atoms with E-state index in [4.69, 9.17) is 21.9 Å². The van der Waals surface area contributed by atoms with E-state index in [1.54, 1.807) is 18.2 Å². The normalized spacial score (nSPS) is 10.8. The minimum atomic E-state index is -0.419. The van der Waals surface area contributed by atoms with Crippen LogP contribution >= 0.6 is 27.5 Å². The van der Waals surface area contributed by atoms with E-state index in [1.165, 1.54) is 18.2 Å². The number of anilines is 1. The number of hydrogen-bond acceptors (Lipinski definition) is 4.